The zero-order chi connectivity index (χ0) is 19.0. The molecular formula is C17H17FN6O3. The number of aliphatic hydroxyl groups is 1. The summed E-state index contributed by atoms with van der Waals surface area (Å²) in [6.07, 6.45) is 3.83. The predicted octanol–water partition coefficient (Wildman–Crippen LogP) is 1.43. The number of hydrogen-bond donors (Lipinski definition) is 1. The number of aromatic nitrogens is 5. The minimum atomic E-state index is -0.548. The molecule has 1 aliphatic heterocycles. The van der Waals surface area contributed by atoms with Gasteiger partial charge in [0, 0.05) is 6.20 Å². The van der Waals surface area contributed by atoms with Crippen molar-refractivity contribution < 1.29 is 19.0 Å². The molecule has 2 aromatic heterocycles. The van der Waals surface area contributed by atoms with Crippen molar-refractivity contribution in [2.24, 2.45) is 0 Å². The third kappa shape index (κ3) is 3.38. The molecule has 0 aliphatic carbocycles. The number of ether oxygens (including phenoxy) is 1. The normalized spacial score (nSPS) is 16.8. The van der Waals surface area contributed by atoms with Gasteiger partial charge in [0.25, 0.3) is 0 Å². The fourth-order valence-electron chi connectivity index (χ4n) is 2.96. The lowest BCUT2D eigenvalue weighted by atomic mass is 10.2. The van der Waals surface area contributed by atoms with Gasteiger partial charge in [-0.1, -0.05) is 5.21 Å². The van der Waals surface area contributed by atoms with Gasteiger partial charge < -0.3 is 14.4 Å². The first-order chi connectivity index (χ1) is 13.0. The van der Waals surface area contributed by atoms with Gasteiger partial charge in [-0.3, -0.25) is 4.90 Å². The van der Waals surface area contributed by atoms with E-state index in [0.29, 0.717) is 23.6 Å². The van der Waals surface area contributed by atoms with E-state index < -0.39 is 18.0 Å². The van der Waals surface area contributed by atoms with E-state index in [-0.39, 0.29) is 13.2 Å². The molecule has 1 fully saturated rings. The van der Waals surface area contributed by atoms with Crippen molar-refractivity contribution >= 4 is 11.8 Å². The van der Waals surface area contributed by atoms with E-state index in [9.17, 15) is 9.18 Å². The lowest BCUT2D eigenvalue weighted by Gasteiger charge is -2.14. The van der Waals surface area contributed by atoms with Crippen molar-refractivity contribution in [3.05, 3.63) is 54.1 Å². The molecule has 3 aromatic rings. The second kappa shape index (κ2) is 6.80. The molecular weight excluding hydrogens is 355 g/mol. The summed E-state index contributed by atoms with van der Waals surface area (Å²) in [4.78, 5) is 17.6. The largest absolute Gasteiger partial charge is 0.442 e. The molecule has 27 heavy (non-hydrogen) atoms. The Balaban J connectivity index is 1.49. The predicted molar refractivity (Wildman–Crippen MR) is 91.8 cm³/mol. The Morgan fingerprint density at radius 3 is 2.89 bits per heavy atom. The monoisotopic (exact) mass is 372 g/mol. The molecule has 1 aromatic carbocycles. The van der Waals surface area contributed by atoms with E-state index in [1.165, 1.54) is 22.0 Å². The summed E-state index contributed by atoms with van der Waals surface area (Å²) < 4.78 is 23.0. The maximum atomic E-state index is 14.5. The Hall–Kier alpha value is -3.27. The van der Waals surface area contributed by atoms with Crippen LogP contribution in [0, 0.1) is 12.7 Å². The Morgan fingerprint density at radius 2 is 2.22 bits per heavy atom. The third-order valence-electron chi connectivity index (χ3n) is 4.25. The number of carbonyl (C=O) groups excluding carboxylic acids is 1. The highest BCUT2D eigenvalue weighted by Gasteiger charge is 2.33. The fraction of sp³-hybridized carbons (Fsp3) is 0.294. The Morgan fingerprint density at radius 1 is 1.37 bits per heavy atom. The van der Waals surface area contributed by atoms with Crippen molar-refractivity contribution in [1.82, 2.24) is 24.5 Å². The number of cyclic esters (lactones) is 1. The average Bonchev–Trinajstić information content (AvgIpc) is 3.35. The van der Waals surface area contributed by atoms with Crippen LogP contribution in [0.3, 0.4) is 0 Å². The number of rotatable bonds is 5. The van der Waals surface area contributed by atoms with Gasteiger partial charge in [-0.15, -0.1) is 5.10 Å². The van der Waals surface area contributed by atoms with E-state index >= 15 is 0 Å². The van der Waals surface area contributed by atoms with Crippen LogP contribution in [-0.4, -0.2) is 48.4 Å². The van der Waals surface area contributed by atoms with E-state index in [2.05, 4.69) is 15.3 Å². The fourth-order valence-corrected chi connectivity index (χ4v) is 2.96. The summed E-state index contributed by atoms with van der Waals surface area (Å²) in [6.45, 7) is 2.17. The molecule has 1 N–H and O–H groups in total. The first-order valence-electron chi connectivity index (χ1n) is 8.32. The van der Waals surface area contributed by atoms with Crippen LogP contribution in [0.15, 0.2) is 36.9 Å². The summed E-state index contributed by atoms with van der Waals surface area (Å²) in [7, 11) is 0. The average molecular weight is 372 g/mol. The Bertz CT molecular complexity index is 985. The van der Waals surface area contributed by atoms with E-state index in [1.807, 2.05) is 6.92 Å². The summed E-state index contributed by atoms with van der Waals surface area (Å²) in [6, 6.07) is 4.56. The highest BCUT2D eigenvalue weighted by molar-refractivity contribution is 5.89. The minimum Gasteiger partial charge on any atom is -0.442 e. The van der Waals surface area contributed by atoms with Crippen molar-refractivity contribution in [2.45, 2.75) is 26.2 Å². The number of halogens is 1. The number of carbonyl (C=O) groups is 1. The van der Waals surface area contributed by atoms with Gasteiger partial charge in [0.1, 0.15) is 17.6 Å². The van der Waals surface area contributed by atoms with Crippen LogP contribution < -0.4 is 4.90 Å². The molecule has 140 valence electrons. The maximum absolute atomic E-state index is 14.5. The lowest BCUT2D eigenvalue weighted by molar-refractivity contribution is 0.129. The maximum Gasteiger partial charge on any atom is 0.414 e. The number of aliphatic hydroxyl groups excluding tert-OH is 1. The Kier molecular flexibility index (Phi) is 4.32. The molecule has 0 saturated carbocycles. The molecule has 1 saturated heterocycles. The number of aryl methyl sites for hydroxylation is 1. The molecule has 0 spiro atoms. The van der Waals surface area contributed by atoms with Crippen LogP contribution in [0.1, 0.15) is 11.4 Å². The number of nitrogens with zero attached hydrogens (tertiary/aromatic N) is 6. The number of hydrogen-bond acceptors (Lipinski definition) is 6. The zero-order valence-corrected chi connectivity index (χ0v) is 14.5. The van der Waals surface area contributed by atoms with Crippen LogP contribution in [0.25, 0.3) is 5.69 Å². The van der Waals surface area contributed by atoms with Gasteiger partial charge in [-0.2, -0.15) is 0 Å². The second-order valence-electron chi connectivity index (χ2n) is 6.26. The van der Waals surface area contributed by atoms with Gasteiger partial charge in [-0.25, -0.2) is 18.9 Å². The SMILES string of the molecule is Cc1cn(-c2ccc(N3C[C@H](Cn4cc(CO)nn4)OC3=O)cc2F)cn1. The van der Waals surface area contributed by atoms with E-state index in [0.717, 1.165) is 5.69 Å². The quantitative estimate of drug-likeness (QED) is 0.728. The smallest absolute Gasteiger partial charge is 0.414 e. The summed E-state index contributed by atoms with van der Waals surface area (Å²) in [5.41, 5.74) is 1.98. The molecule has 9 nitrogen and oxygen atoms in total. The number of imidazole rings is 1. The lowest BCUT2D eigenvalue weighted by Crippen LogP contribution is -2.26. The second-order valence-corrected chi connectivity index (χ2v) is 6.26. The topological polar surface area (TPSA) is 98.3 Å². The molecule has 1 amide bonds. The molecule has 3 heterocycles. The van der Waals surface area contributed by atoms with E-state index in [1.54, 1.807) is 29.1 Å². The van der Waals surface area contributed by atoms with Crippen molar-refractivity contribution in [3.8, 4) is 5.69 Å². The van der Waals surface area contributed by atoms with Crippen LogP contribution in [0.2, 0.25) is 0 Å². The highest BCUT2D eigenvalue weighted by atomic mass is 19.1. The number of amides is 1. The third-order valence-corrected chi connectivity index (χ3v) is 4.25. The van der Waals surface area contributed by atoms with Crippen LogP contribution in [0.4, 0.5) is 14.9 Å². The molecule has 10 heteroatoms. The highest BCUT2D eigenvalue weighted by Crippen LogP contribution is 2.26. The first kappa shape index (κ1) is 17.2. The molecule has 1 atom stereocenters. The molecule has 4 rings (SSSR count). The van der Waals surface area contributed by atoms with Crippen LogP contribution >= 0.6 is 0 Å². The summed E-state index contributed by atoms with van der Waals surface area (Å²) >= 11 is 0. The van der Waals surface area contributed by atoms with Gasteiger partial charge in [0.05, 0.1) is 49.3 Å². The van der Waals surface area contributed by atoms with Crippen molar-refractivity contribution in [3.63, 3.8) is 0 Å². The molecule has 0 bridgehead atoms. The molecule has 0 radical (unpaired) electrons. The first-order valence-corrected chi connectivity index (χ1v) is 8.32. The van der Waals surface area contributed by atoms with Crippen LogP contribution in [0.5, 0.6) is 0 Å². The van der Waals surface area contributed by atoms with Crippen molar-refractivity contribution in [2.75, 3.05) is 11.4 Å². The van der Waals surface area contributed by atoms with Gasteiger partial charge >= 0.3 is 6.09 Å². The van der Waals surface area contributed by atoms with Gasteiger partial charge in [-0.05, 0) is 25.1 Å². The Labute approximate surface area is 153 Å². The summed E-state index contributed by atoms with van der Waals surface area (Å²) in [5.74, 6) is -0.468. The van der Waals surface area contributed by atoms with Crippen LogP contribution in [-0.2, 0) is 17.9 Å². The van der Waals surface area contributed by atoms with Gasteiger partial charge in [0.2, 0.25) is 0 Å². The van der Waals surface area contributed by atoms with Crippen molar-refractivity contribution in [1.29, 1.82) is 0 Å². The zero-order valence-electron chi connectivity index (χ0n) is 14.5. The standard InChI is InChI=1S/C17H17FN6O3/c1-11-5-22(10-19-11)16-3-2-13(4-15(16)18)24-8-14(27-17(24)26)7-23-6-12(9-25)20-21-23/h2-6,10,14,25H,7-9H2,1H3/t14-/m0/s1. The number of anilines is 1. The number of benzene rings is 1. The molecule has 0 unspecified atom stereocenters. The summed E-state index contributed by atoms with van der Waals surface area (Å²) in [5, 5.41) is 16.7. The van der Waals surface area contributed by atoms with Gasteiger partial charge in [0.15, 0.2) is 0 Å². The minimum absolute atomic E-state index is 0.210. The van der Waals surface area contributed by atoms with E-state index in [4.69, 9.17) is 9.84 Å². The molecule has 1 aliphatic rings.